The number of nitrogens with zero attached hydrogens (tertiary/aromatic N) is 4. The van der Waals surface area contributed by atoms with Crippen LogP contribution in [0.5, 0.6) is 5.75 Å². The van der Waals surface area contributed by atoms with Gasteiger partial charge in [0.05, 0.1) is 37.9 Å². The molecule has 2 aromatic rings. The summed E-state index contributed by atoms with van der Waals surface area (Å²) in [6.45, 7) is 0.337. The lowest BCUT2D eigenvalue weighted by atomic mass is 9.94. The molecular formula is C19H22FN5O3. The highest BCUT2D eigenvalue weighted by Crippen LogP contribution is 2.50. The van der Waals surface area contributed by atoms with Crippen molar-refractivity contribution in [1.29, 1.82) is 0 Å². The summed E-state index contributed by atoms with van der Waals surface area (Å²) >= 11 is 0. The van der Waals surface area contributed by atoms with Gasteiger partial charge in [0, 0.05) is 6.42 Å². The van der Waals surface area contributed by atoms with Crippen molar-refractivity contribution < 1.29 is 18.7 Å². The maximum atomic E-state index is 14.2. The molecule has 1 aromatic heterocycles. The average molecular weight is 387 g/mol. The van der Waals surface area contributed by atoms with Crippen molar-refractivity contribution in [3.05, 3.63) is 41.7 Å². The summed E-state index contributed by atoms with van der Waals surface area (Å²) in [5.74, 6) is -0.00484. The number of alkyl halides is 1. The number of carbonyl (C=O) groups excluding carboxylic acids is 2. The molecule has 2 amide bonds. The molecule has 2 aliphatic rings. The molecular weight excluding hydrogens is 365 g/mol. The highest BCUT2D eigenvalue weighted by Gasteiger charge is 2.55. The van der Waals surface area contributed by atoms with Crippen LogP contribution < -0.4 is 10.5 Å². The van der Waals surface area contributed by atoms with Gasteiger partial charge in [0.2, 0.25) is 5.91 Å². The molecule has 8 nitrogen and oxygen atoms in total. The van der Waals surface area contributed by atoms with Crippen molar-refractivity contribution in [2.45, 2.75) is 43.4 Å². The largest absolute Gasteiger partial charge is 0.497 e. The number of likely N-dealkylation sites (tertiary alicyclic amines) is 1. The van der Waals surface area contributed by atoms with Gasteiger partial charge in [-0.15, -0.1) is 5.10 Å². The van der Waals surface area contributed by atoms with Gasteiger partial charge in [0.15, 0.2) is 5.69 Å². The maximum Gasteiger partial charge on any atom is 0.270 e. The van der Waals surface area contributed by atoms with Crippen molar-refractivity contribution >= 4 is 11.8 Å². The van der Waals surface area contributed by atoms with Crippen LogP contribution in [0.2, 0.25) is 0 Å². The zero-order valence-electron chi connectivity index (χ0n) is 15.5. The number of aromatic nitrogens is 3. The van der Waals surface area contributed by atoms with E-state index < -0.39 is 17.5 Å². The highest BCUT2D eigenvalue weighted by molar-refractivity contribution is 5.92. The zero-order chi connectivity index (χ0) is 19.9. The van der Waals surface area contributed by atoms with Gasteiger partial charge in [-0.1, -0.05) is 17.3 Å². The summed E-state index contributed by atoms with van der Waals surface area (Å²) in [6.07, 6.45) is 2.06. The van der Waals surface area contributed by atoms with Crippen LogP contribution in [0, 0.1) is 0 Å². The second-order valence-corrected chi connectivity index (χ2v) is 7.45. The van der Waals surface area contributed by atoms with Gasteiger partial charge >= 0.3 is 0 Å². The second kappa shape index (κ2) is 6.88. The van der Waals surface area contributed by atoms with Crippen LogP contribution >= 0.6 is 0 Å². The van der Waals surface area contributed by atoms with Gasteiger partial charge in [-0.3, -0.25) is 9.59 Å². The van der Waals surface area contributed by atoms with Crippen LogP contribution in [0.4, 0.5) is 4.39 Å². The van der Waals surface area contributed by atoms with E-state index in [1.165, 1.54) is 10.9 Å². The Morgan fingerprint density at radius 3 is 2.61 bits per heavy atom. The molecule has 28 heavy (non-hydrogen) atoms. The number of methoxy groups -OCH3 is 1. The van der Waals surface area contributed by atoms with Crippen molar-refractivity contribution in [1.82, 2.24) is 19.9 Å². The minimum atomic E-state index is -1.08. The Kier molecular flexibility index (Phi) is 4.52. The predicted molar refractivity (Wildman–Crippen MR) is 97.5 cm³/mol. The molecule has 0 spiro atoms. The Hall–Kier alpha value is -2.97. The van der Waals surface area contributed by atoms with E-state index >= 15 is 0 Å². The van der Waals surface area contributed by atoms with E-state index in [4.69, 9.17) is 10.5 Å². The molecule has 148 valence electrons. The molecule has 1 saturated carbocycles. The Labute approximate surface area is 161 Å². The molecule has 2 N–H and O–H groups in total. The summed E-state index contributed by atoms with van der Waals surface area (Å²) in [4.78, 5) is 26.2. The molecule has 1 saturated heterocycles. The number of hydrogen-bond acceptors (Lipinski definition) is 5. The quantitative estimate of drug-likeness (QED) is 0.798. The minimum absolute atomic E-state index is 0.0459. The number of ether oxygens (including phenoxy) is 1. The summed E-state index contributed by atoms with van der Waals surface area (Å²) < 4.78 is 20.8. The van der Waals surface area contributed by atoms with Crippen LogP contribution in [-0.4, -0.2) is 57.6 Å². The van der Waals surface area contributed by atoms with Crippen molar-refractivity contribution in [2.24, 2.45) is 5.73 Å². The number of amides is 2. The summed E-state index contributed by atoms with van der Waals surface area (Å²) in [6, 6.07) is 7.13. The van der Waals surface area contributed by atoms with Crippen LogP contribution in [0.1, 0.15) is 35.3 Å². The lowest BCUT2D eigenvalue weighted by Gasteiger charge is -2.29. The third-order valence-electron chi connectivity index (χ3n) is 5.62. The van der Waals surface area contributed by atoms with E-state index in [-0.39, 0.29) is 37.2 Å². The Morgan fingerprint density at radius 2 is 2.04 bits per heavy atom. The van der Waals surface area contributed by atoms with E-state index in [0.29, 0.717) is 0 Å². The van der Waals surface area contributed by atoms with E-state index in [1.54, 1.807) is 12.0 Å². The predicted octanol–water partition coefficient (Wildman–Crippen LogP) is 1.06. The third-order valence-corrected chi connectivity index (χ3v) is 5.62. The molecule has 2 heterocycles. The minimum Gasteiger partial charge on any atom is -0.497 e. The van der Waals surface area contributed by atoms with Gasteiger partial charge in [-0.2, -0.15) is 0 Å². The van der Waals surface area contributed by atoms with E-state index in [1.807, 2.05) is 24.3 Å². The highest BCUT2D eigenvalue weighted by atomic mass is 19.1. The van der Waals surface area contributed by atoms with E-state index in [9.17, 15) is 14.0 Å². The number of hydrogen-bond donors (Lipinski definition) is 1. The first-order valence-electron chi connectivity index (χ1n) is 9.22. The van der Waals surface area contributed by atoms with Crippen molar-refractivity contribution in [3.8, 4) is 5.75 Å². The first kappa shape index (κ1) is 18.4. The van der Waals surface area contributed by atoms with Crippen molar-refractivity contribution in [2.75, 3.05) is 13.7 Å². The van der Waals surface area contributed by atoms with Gasteiger partial charge in [-0.05, 0) is 30.5 Å². The lowest BCUT2D eigenvalue weighted by molar-refractivity contribution is -0.135. The number of benzene rings is 1. The number of primary amides is 1. The molecule has 0 radical (unpaired) electrons. The summed E-state index contributed by atoms with van der Waals surface area (Å²) in [5.41, 5.74) is 5.58. The average Bonchev–Trinajstić information content (AvgIpc) is 3.22. The molecule has 2 atom stereocenters. The van der Waals surface area contributed by atoms with Gasteiger partial charge in [0.1, 0.15) is 11.9 Å². The molecule has 0 bridgehead atoms. The number of halogens is 1. The third kappa shape index (κ3) is 3.21. The number of rotatable bonds is 6. The fourth-order valence-corrected chi connectivity index (χ4v) is 3.93. The standard InChI is InChI=1S/C19H22FN5O3/c1-28-15-4-2-12(3-5-15)19(6-7-19)18(27)25-9-13(20)8-14(25)10-24-11-16(17(21)26)22-23-24/h2-5,11,13-14H,6-10H2,1H3,(H2,21,26)/t13-,14-/m0/s1. The first-order chi connectivity index (χ1) is 13.4. The Balaban J connectivity index is 1.53. The zero-order valence-corrected chi connectivity index (χ0v) is 15.5. The molecule has 1 aromatic carbocycles. The van der Waals surface area contributed by atoms with Crippen LogP contribution in [-0.2, 0) is 16.8 Å². The summed E-state index contributed by atoms with van der Waals surface area (Å²) in [5, 5.41) is 7.57. The Bertz CT molecular complexity index is 893. The summed E-state index contributed by atoms with van der Waals surface area (Å²) in [7, 11) is 1.59. The van der Waals surface area contributed by atoms with Crippen LogP contribution in [0.3, 0.4) is 0 Å². The SMILES string of the molecule is COc1ccc(C2(C(=O)N3C[C@@H](F)C[C@H]3Cn3cc(C(N)=O)nn3)CC2)cc1. The molecule has 2 fully saturated rings. The Morgan fingerprint density at radius 1 is 1.32 bits per heavy atom. The second-order valence-electron chi connectivity index (χ2n) is 7.45. The van der Waals surface area contributed by atoms with E-state index in [2.05, 4.69) is 10.3 Å². The molecule has 4 rings (SSSR count). The number of nitrogens with two attached hydrogens (primary N) is 1. The number of carbonyl (C=O) groups is 2. The van der Waals surface area contributed by atoms with Crippen LogP contribution in [0.15, 0.2) is 30.5 Å². The lowest BCUT2D eigenvalue weighted by Crippen LogP contribution is -2.44. The smallest absolute Gasteiger partial charge is 0.270 e. The first-order valence-corrected chi connectivity index (χ1v) is 9.22. The van der Waals surface area contributed by atoms with Gasteiger partial charge in [-0.25, -0.2) is 9.07 Å². The maximum absolute atomic E-state index is 14.2. The molecule has 0 unspecified atom stereocenters. The molecule has 1 aliphatic carbocycles. The van der Waals surface area contributed by atoms with Crippen LogP contribution in [0.25, 0.3) is 0 Å². The van der Waals surface area contributed by atoms with Gasteiger partial charge in [0.25, 0.3) is 5.91 Å². The molecule has 1 aliphatic heterocycles. The van der Waals surface area contributed by atoms with Gasteiger partial charge < -0.3 is 15.4 Å². The van der Waals surface area contributed by atoms with Crippen molar-refractivity contribution in [3.63, 3.8) is 0 Å². The van der Waals surface area contributed by atoms with E-state index in [0.717, 1.165) is 24.2 Å². The molecule has 9 heteroatoms. The fourth-order valence-electron chi connectivity index (χ4n) is 3.93. The topological polar surface area (TPSA) is 103 Å². The fraction of sp³-hybridized carbons (Fsp3) is 0.474. The monoisotopic (exact) mass is 387 g/mol. The normalized spacial score (nSPS) is 22.9.